The summed E-state index contributed by atoms with van der Waals surface area (Å²) < 4.78 is 0. The van der Waals surface area contributed by atoms with Crippen molar-refractivity contribution < 1.29 is 0 Å². The molecule has 2 heteroatoms. The predicted octanol–water partition coefficient (Wildman–Crippen LogP) is 3.50. The lowest BCUT2D eigenvalue weighted by Gasteiger charge is -2.32. The van der Waals surface area contributed by atoms with E-state index >= 15 is 0 Å². The topological polar surface area (TPSA) is 15.3 Å². The Morgan fingerprint density at radius 1 is 1.24 bits per heavy atom. The molecule has 21 heavy (non-hydrogen) atoms. The highest BCUT2D eigenvalue weighted by Crippen LogP contribution is 2.21. The number of likely N-dealkylation sites (tertiary alicyclic amines) is 1. The van der Waals surface area contributed by atoms with Gasteiger partial charge in [0, 0.05) is 19.1 Å². The van der Waals surface area contributed by atoms with Crippen molar-refractivity contribution in [2.24, 2.45) is 5.92 Å². The molecule has 1 aliphatic rings. The molecule has 0 bridgehead atoms. The summed E-state index contributed by atoms with van der Waals surface area (Å²) in [4.78, 5) is 2.56. The molecule has 0 aromatic heterocycles. The first kappa shape index (κ1) is 16.3. The quantitative estimate of drug-likeness (QED) is 0.772. The van der Waals surface area contributed by atoms with Crippen molar-refractivity contribution in [2.45, 2.75) is 39.2 Å². The number of benzene rings is 1. The van der Waals surface area contributed by atoms with Gasteiger partial charge in [-0.15, -0.1) is 0 Å². The minimum atomic E-state index is 0.540. The molecule has 1 aromatic carbocycles. The van der Waals surface area contributed by atoms with Crippen LogP contribution in [-0.2, 0) is 6.42 Å². The Bertz CT molecular complexity index is 416. The third-order valence-corrected chi connectivity index (χ3v) is 4.28. The van der Waals surface area contributed by atoms with Crippen LogP contribution in [-0.4, -0.2) is 37.1 Å². The predicted molar refractivity (Wildman–Crippen MR) is 91.6 cm³/mol. The summed E-state index contributed by atoms with van der Waals surface area (Å²) in [5.41, 5.74) is 2.80. The van der Waals surface area contributed by atoms with Crippen LogP contribution in [0.4, 0.5) is 0 Å². The maximum Gasteiger partial charge on any atom is 0.0202 e. The van der Waals surface area contributed by atoms with E-state index in [4.69, 9.17) is 0 Å². The van der Waals surface area contributed by atoms with Crippen molar-refractivity contribution in [2.75, 3.05) is 26.2 Å². The van der Waals surface area contributed by atoms with Crippen molar-refractivity contribution in [1.82, 2.24) is 10.2 Å². The molecule has 0 saturated carbocycles. The first-order valence-electron chi connectivity index (χ1n) is 8.30. The van der Waals surface area contributed by atoms with Crippen molar-refractivity contribution in [3.8, 4) is 0 Å². The first-order valence-corrected chi connectivity index (χ1v) is 8.30. The molecule has 1 aliphatic heterocycles. The van der Waals surface area contributed by atoms with Gasteiger partial charge in [-0.1, -0.05) is 50.8 Å². The maximum atomic E-state index is 4.20. The Morgan fingerprint density at radius 3 is 2.52 bits per heavy atom. The molecule has 0 atom stereocenters. The summed E-state index contributed by atoms with van der Waals surface area (Å²) >= 11 is 0. The monoisotopic (exact) mass is 286 g/mol. The molecule has 1 saturated heterocycles. The van der Waals surface area contributed by atoms with Crippen LogP contribution < -0.4 is 5.32 Å². The fraction of sp³-hybridized carbons (Fsp3) is 0.579. The summed E-state index contributed by atoms with van der Waals surface area (Å²) in [5.74, 6) is 0.853. The highest BCUT2D eigenvalue weighted by Gasteiger charge is 2.19. The summed E-state index contributed by atoms with van der Waals surface area (Å²) in [6.45, 7) is 13.0. The summed E-state index contributed by atoms with van der Waals surface area (Å²) in [6, 6.07) is 11.4. The van der Waals surface area contributed by atoms with E-state index in [2.05, 4.69) is 61.0 Å². The fourth-order valence-corrected chi connectivity index (χ4v) is 3.02. The summed E-state index contributed by atoms with van der Waals surface area (Å²) in [6.07, 6.45) is 3.88. The average molecular weight is 286 g/mol. The molecule has 2 rings (SSSR count). The zero-order valence-corrected chi connectivity index (χ0v) is 13.6. The molecule has 116 valence electrons. The first-order chi connectivity index (χ1) is 10.1. The third kappa shape index (κ3) is 6.03. The number of piperidine rings is 1. The van der Waals surface area contributed by atoms with Gasteiger partial charge in [-0.25, -0.2) is 0 Å². The molecule has 0 aliphatic carbocycles. The van der Waals surface area contributed by atoms with Crippen LogP contribution in [0.1, 0.15) is 32.3 Å². The van der Waals surface area contributed by atoms with Crippen LogP contribution in [0, 0.1) is 5.92 Å². The molecular weight excluding hydrogens is 256 g/mol. The van der Waals surface area contributed by atoms with E-state index in [-0.39, 0.29) is 0 Å². The number of nitrogens with zero attached hydrogens (tertiary/aromatic N) is 1. The molecule has 1 heterocycles. The van der Waals surface area contributed by atoms with E-state index < -0.39 is 0 Å². The summed E-state index contributed by atoms with van der Waals surface area (Å²) in [7, 11) is 0. The van der Waals surface area contributed by atoms with E-state index in [1.54, 1.807) is 0 Å². The number of nitrogens with one attached hydrogen (secondary N) is 1. The third-order valence-electron chi connectivity index (χ3n) is 4.28. The number of hydrogen-bond acceptors (Lipinski definition) is 2. The number of rotatable bonds is 7. The van der Waals surface area contributed by atoms with Crippen molar-refractivity contribution in [3.63, 3.8) is 0 Å². The van der Waals surface area contributed by atoms with Crippen molar-refractivity contribution in [1.29, 1.82) is 0 Å². The van der Waals surface area contributed by atoms with Gasteiger partial charge < -0.3 is 5.32 Å². The fourth-order valence-electron chi connectivity index (χ4n) is 3.02. The Labute approximate surface area is 130 Å². The van der Waals surface area contributed by atoms with Gasteiger partial charge in [0.1, 0.15) is 0 Å². The summed E-state index contributed by atoms with van der Waals surface area (Å²) in [5, 5.41) is 3.45. The van der Waals surface area contributed by atoms with E-state index in [1.807, 2.05) is 0 Å². The van der Waals surface area contributed by atoms with Gasteiger partial charge in [0.2, 0.25) is 0 Å². The zero-order chi connectivity index (χ0) is 15.1. The Balaban J connectivity index is 1.67. The second kappa shape index (κ2) is 8.35. The molecule has 0 unspecified atom stereocenters. The van der Waals surface area contributed by atoms with Crippen LogP contribution in [0.25, 0.3) is 0 Å². The smallest absolute Gasteiger partial charge is 0.0202 e. The van der Waals surface area contributed by atoms with Gasteiger partial charge in [-0.3, -0.25) is 4.90 Å². The van der Waals surface area contributed by atoms with Crippen molar-refractivity contribution in [3.05, 3.63) is 48.0 Å². The van der Waals surface area contributed by atoms with Gasteiger partial charge in [0.15, 0.2) is 0 Å². The molecule has 0 radical (unpaired) electrons. The minimum Gasteiger partial charge on any atom is -0.311 e. The van der Waals surface area contributed by atoms with Crippen LogP contribution in [0.5, 0.6) is 0 Å². The highest BCUT2D eigenvalue weighted by atomic mass is 15.1. The van der Waals surface area contributed by atoms with E-state index in [1.165, 1.54) is 43.5 Å². The van der Waals surface area contributed by atoms with Gasteiger partial charge in [-0.2, -0.15) is 0 Å². The normalized spacial score (nSPS) is 17.3. The average Bonchev–Trinajstić information content (AvgIpc) is 2.48. The van der Waals surface area contributed by atoms with Crippen LogP contribution >= 0.6 is 0 Å². The van der Waals surface area contributed by atoms with Crippen LogP contribution in [0.3, 0.4) is 0 Å². The van der Waals surface area contributed by atoms with Gasteiger partial charge in [-0.05, 0) is 49.4 Å². The highest BCUT2D eigenvalue weighted by molar-refractivity contribution is 5.15. The molecule has 0 spiro atoms. The lowest BCUT2D eigenvalue weighted by atomic mass is 9.90. The second-order valence-corrected chi connectivity index (χ2v) is 6.69. The van der Waals surface area contributed by atoms with Gasteiger partial charge in [0.25, 0.3) is 0 Å². The Hall–Kier alpha value is -1.12. The molecule has 0 amide bonds. The van der Waals surface area contributed by atoms with E-state index in [9.17, 15) is 0 Å². The molecule has 1 fully saturated rings. The maximum absolute atomic E-state index is 4.20. The lowest BCUT2D eigenvalue weighted by Crippen LogP contribution is -2.37. The largest absolute Gasteiger partial charge is 0.311 e. The number of hydrogen-bond donors (Lipinski definition) is 1. The minimum absolute atomic E-state index is 0.540. The molecular formula is C19H30N2. The van der Waals surface area contributed by atoms with Crippen LogP contribution in [0.15, 0.2) is 42.5 Å². The molecule has 1 N–H and O–H groups in total. The van der Waals surface area contributed by atoms with E-state index in [0.29, 0.717) is 6.04 Å². The second-order valence-electron chi connectivity index (χ2n) is 6.69. The van der Waals surface area contributed by atoms with Crippen molar-refractivity contribution >= 4 is 0 Å². The Kier molecular flexibility index (Phi) is 6.47. The van der Waals surface area contributed by atoms with Crippen LogP contribution in [0.2, 0.25) is 0 Å². The SMILES string of the molecule is C=C(CNC(C)C)CN1CCC(Cc2ccccc2)CC1. The van der Waals surface area contributed by atoms with E-state index in [0.717, 1.165) is 19.0 Å². The zero-order valence-electron chi connectivity index (χ0n) is 13.6. The molecule has 1 aromatic rings. The van der Waals surface area contributed by atoms with Gasteiger partial charge in [0.05, 0.1) is 0 Å². The standard InChI is InChI=1S/C19H30N2/c1-16(2)20-14-17(3)15-21-11-9-19(10-12-21)13-18-7-5-4-6-8-18/h4-8,16,19-20H,3,9-15H2,1-2H3. The molecule has 2 nitrogen and oxygen atoms in total. The Morgan fingerprint density at radius 2 is 1.90 bits per heavy atom. The lowest BCUT2D eigenvalue weighted by molar-refractivity contribution is 0.196. The van der Waals surface area contributed by atoms with Gasteiger partial charge >= 0.3 is 0 Å².